The Balaban J connectivity index is 2.33. The Morgan fingerprint density at radius 1 is 1.62 bits per heavy atom. The molecule has 0 aromatic carbocycles. The van der Waals surface area contributed by atoms with Gasteiger partial charge >= 0.3 is 0 Å². The lowest BCUT2D eigenvalue weighted by Gasteiger charge is -2.24. The van der Waals surface area contributed by atoms with Crippen LogP contribution in [0.5, 0.6) is 0 Å². The van der Waals surface area contributed by atoms with Crippen LogP contribution in [0.3, 0.4) is 0 Å². The highest BCUT2D eigenvalue weighted by atomic mass is 15.1. The number of hydrogen-bond acceptors (Lipinski definition) is 3. The van der Waals surface area contributed by atoms with E-state index in [4.69, 9.17) is 0 Å². The Hall–Kier alpha value is -1.19. The molecule has 0 fully saturated rings. The normalized spacial score (nSPS) is 12.7. The molecule has 0 saturated carbocycles. The molecule has 0 saturated heterocycles. The van der Waals surface area contributed by atoms with E-state index >= 15 is 0 Å². The van der Waals surface area contributed by atoms with Gasteiger partial charge in [-0.1, -0.05) is 12.1 Å². The van der Waals surface area contributed by atoms with Crippen molar-refractivity contribution in [3.8, 4) is 0 Å². The van der Waals surface area contributed by atoms with E-state index in [9.17, 15) is 0 Å². The maximum absolute atomic E-state index is 4.12. The fraction of sp³-hybridized carbons (Fsp3) is 0.462. The van der Waals surface area contributed by atoms with E-state index in [1.165, 1.54) is 5.56 Å². The number of rotatable bonds is 7. The van der Waals surface area contributed by atoms with E-state index in [0.29, 0.717) is 6.04 Å². The highest BCUT2D eigenvalue weighted by Crippen LogP contribution is 2.03. The van der Waals surface area contributed by atoms with Gasteiger partial charge in [-0.05, 0) is 25.6 Å². The minimum atomic E-state index is 0.500. The van der Waals surface area contributed by atoms with Gasteiger partial charge in [0.15, 0.2) is 0 Å². The van der Waals surface area contributed by atoms with Crippen molar-refractivity contribution in [2.45, 2.75) is 19.5 Å². The van der Waals surface area contributed by atoms with Gasteiger partial charge in [-0.2, -0.15) is 0 Å². The zero-order valence-corrected chi connectivity index (χ0v) is 10.2. The molecule has 1 atom stereocenters. The molecule has 1 heterocycles. The molecule has 88 valence electrons. The molecule has 1 aromatic rings. The standard InChI is InChI=1S/C13H21N3/c1-4-7-14-9-12(2)16(3)11-13-6-5-8-15-10-13/h4-6,8,10,12,14H,1,7,9,11H2,2-3H3. The molecule has 0 amide bonds. The molecule has 0 bridgehead atoms. The van der Waals surface area contributed by atoms with Crippen LogP contribution in [0.15, 0.2) is 37.2 Å². The number of nitrogens with one attached hydrogen (secondary N) is 1. The molecule has 0 aliphatic rings. The molecular formula is C13H21N3. The van der Waals surface area contributed by atoms with Crippen LogP contribution in [0, 0.1) is 0 Å². The first-order valence-electron chi connectivity index (χ1n) is 5.64. The monoisotopic (exact) mass is 219 g/mol. The number of aromatic nitrogens is 1. The summed E-state index contributed by atoms with van der Waals surface area (Å²) in [7, 11) is 2.13. The maximum Gasteiger partial charge on any atom is 0.0312 e. The summed E-state index contributed by atoms with van der Waals surface area (Å²) < 4.78 is 0. The number of likely N-dealkylation sites (N-methyl/N-ethyl adjacent to an activating group) is 1. The first kappa shape index (κ1) is 12.9. The van der Waals surface area contributed by atoms with Gasteiger partial charge in [0.1, 0.15) is 0 Å². The second-order valence-electron chi connectivity index (χ2n) is 4.07. The molecule has 1 unspecified atom stereocenters. The number of nitrogens with zero attached hydrogens (tertiary/aromatic N) is 2. The third-order valence-corrected chi connectivity index (χ3v) is 2.64. The zero-order valence-electron chi connectivity index (χ0n) is 10.2. The third-order valence-electron chi connectivity index (χ3n) is 2.64. The quantitative estimate of drug-likeness (QED) is 0.558. The Kier molecular flexibility index (Phi) is 5.75. The van der Waals surface area contributed by atoms with E-state index in [-0.39, 0.29) is 0 Å². The van der Waals surface area contributed by atoms with Gasteiger partial charge in [0.2, 0.25) is 0 Å². The first-order chi connectivity index (χ1) is 7.74. The second-order valence-corrected chi connectivity index (χ2v) is 4.07. The molecule has 0 spiro atoms. The molecular weight excluding hydrogens is 198 g/mol. The molecule has 0 radical (unpaired) electrons. The van der Waals surface area contributed by atoms with Crippen molar-refractivity contribution < 1.29 is 0 Å². The molecule has 3 nitrogen and oxygen atoms in total. The molecule has 1 N–H and O–H groups in total. The van der Waals surface area contributed by atoms with Crippen LogP contribution >= 0.6 is 0 Å². The average Bonchev–Trinajstić information content (AvgIpc) is 2.30. The molecule has 1 rings (SSSR count). The fourth-order valence-electron chi connectivity index (χ4n) is 1.49. The van der Waals surface area contributed by atoms with E-state index < -0.39 is 0 Å². The highest BCUT2D eigenvalue weighted by Gasteiger charge is 2.08. The zero-order chi connectivity index (χ0) is 11.8. The second kappa shape index (κ2) is 7.14. The van der Waals surface area contributed by atoms with Crippen LogP contribution in [-0.4, -0.2) is 36.1 Å². The Morgan fingerprint density at radius 3 is 3.06 bits per heavy atom. The van der Waals surface area contributed by atoms with Crippen LogP contribution in [0.25, 0.3) is 0 Å². The van der Waals surface area contributed by atoms with Crippen molar-refractivity contribution in [1.29, 1.82) is 0 Å². The largest absolute Gasteiger partial charge is 0.312 e. The number of hydrogen-bond donors (Lipinski definition) is 1. The lowest BCUT2D eigenvalue weighted by molar-refractivity contribution is 0.244. The van der Waals surface area contributed by atoms with Crippen molar-refractivity contribution in [2.75, 3.05) is 20.1 Å². The summed E-state index contributed by atoms with van der Waals surface area (Å²) in [5.74, 6) is 0. The van der Waals surface area contributed by atoms with Crippen molar-refractivity contribution >= 4 is 0 Å². The van der Waals surface area contributed by atoms with E-state index in [1.54, 1.807) is 6.20 Å². The Morgan fingerprint density at radius 2 is 2.44 bits per heavy atom. The minimum absolute atomic E-state index is 0.500. The summed E-state index contributed by atoms with van der Waals surface area (Å²) in [5, 5.41) is 3.33. The lowest BCUT2D eigenvalue weighted by atomic mass is 10.2. The summed E-state index contributed by atoms with van der Waals surface area (Å²) in [6.45, 7) is 8.68. The van der Waals surface area contributed by atoms with Crippen LogP contribution in [-0.2, 0) is 6.54 Å². The van der Waals surface area contributed by atoms with Crippen molar-refractivity contribution in [3.05, 3.63) is 42.7 Å². The van der Waals surface area contributed by atoms with Crippen LogP contribution < -0.4 is 5.32 Å². The summed E-state index contributed by atoms with van der Waals surface area (Å²) in [4.78, 5) is 6.43. The predicted octanol–water partition coefficient (Wildman–Crippen LogP) is 1.68. The summed E-state index contributed by atoms with van der Waals surface area (Å²) >= 11 is 0. The van der Waals surface area contributed by atoms with Crippen molar-refractivity contribution in [1.82, 2.24) is 15.2 Å². The topological polar surface area (TPSA) is 28.2 Å². The minimum Gasteiger partial charge on any atom is -0.312 e. The average molecular weight is 219 g/mol. The molecule has 0 aliphatic heterocycles. The number of pyridine rings is 1. The smallest absolute Gasteiger partial charge is 0.0312 e. The van der Waals surface area contributed by atoms with Crippen LogP contribution in [0.1, 0.15) is 12.5 Å². The van der Waals surface area contributed by atoms with Gasteiger partial charge in [0, 0.05) is 38.1 Å². The van der Waals surface area contributed by atoms with E-state index in [0.717, 1.165) is 19.6 Å². The first-order valence-corrected chi connectivity index (χ1v) is 5.64. The predicted molar refractivity (Wildman–Crippen MR) is 68.2 cm³/mol. The van der Waals surface area contributed by atoms with Crippen molar-refractivity contribution in [3.63, 3.8) is 0 Å². The molecule has 0 aliphatic carbocycles. The van der Waals surface area contributed by atoms with Gasteiger partial charge in [0.05, 0.1) is 0 Å². The summed E-state index contributed by atoms with van der Waals surface area (Å²) in [6, 6.07) is 4.58. The SMILES string of the molecule is C=CCNCC(C)N(C)Cc1cccnc1. The van der Waals surface area contributed by atoms with Gasteiger partial charge in [-0.25, -0.2) is 0 Å². The summed E-state index contributed by atoms with van der Waals surface area (Å²) in [6.07, 6.45) is 5.60. The molecule has 16 heavy (non-hydrogen) atoms. The van der Waals surface area contributed by atoms with Gasteiger partial charge in [-0.15, -0.1) is 6.58 Å². The fourth-order valence-corrected chi connectivity index (χ4v) is 1.49. The van der Waals surface area contributed by atoms with Gasteiger partial charge in [-0.3, -0.25) is 9.88 Å². The summed E-state index contributed by atoms with van der Waals surface area (Å²) in [5.41, 5.74) is 1.25. The lowest BCUT2D eigenvalue weighted by Crippen LogP contribution is -2.37. The Bertz CT molecular complexity index is 297. The maximum atomic E-state index is 4.12. The molecule has 1 aromatic heterocycles. The van der Waals surface area contributed by atoms with E-state index in [2.05, 4.69) is 41.8 Å². The van der Waals surface area contributed by atoms with Crippen LogP contribution in [0.4, 0.5) is 0 Å². The highest BCUT2D eigenvalue weighted by molar-refractivity contribution is 5.08. The van der Waals surface area contributed by atoms with Crippen molar-refractivity contribution in [2.24, 2.45) is 0 Å². The molecule has 3 heteroatoms. The third kappa shape index (κ3) is 4.55. The van der Waals surface area contributed by atoms with E-state index in [1.807, 2.05) is 18.3 Å². The van der Waals surface area contributed by atoms with Gasteiger partial charge in [0.25, 0.3) is 0 Å². The van der Waals surface area contributed by atoms with Crippen LogP contribution in [0.2, 0.25) is 0 Å². The Labute approximate surface area is 98.2 Å². The van der Waals surface area contributed by atoms with Gasteiger partial charge < -0.3 is 5.32 Å².